The first-order chi connectivity index (χ1) is 14.4. The molecule has 0 radical (unpaired) electrons. The summed E-state index contributed by atoms with van der Waals surface area (Å²) in [6.07, 6.45) is 11.7. The molecule has 0 amide bonds. The van der Waals surface area contributed by atoms with Gasteiger partial charge in [0, 0.05) is 18.0 Å². The molecular formula is C23H30F2N2O3. The molecule has 1 unspecified atom stereocenters. The van der Waals surface area contributed by atoms with Crippen LogP contribution in [-0.4, -0.2) is 21.4 Å². The van der Waals surface area contributed by atoms with Crippen molar-refractivity contribution in [1.82, 2.24) is 9.97 Å². The summed E-state index contributed by atoms with van der Waals surface area (Å²) >= 11 is 0. The second kappa shape index (κ2) is 10.2. The van der Waals surface area contributed by atoms with Crippen LogP contribution in [0.2, 0.25) is 0 Å². The molecule has 1 atom stereocenters. The molecule has 2 aromatic rings. The van der Waals surface area contributed by atoms with E-state index >= 15 is 0 Å². The Labute approximate surface area is 176 Å². The molecule has 7 heteroatoms. The van der Waals surface area contributed by atoms with Crippen LogP contribution in [0.4, 0.5) is 8.78 Å². The topological polar surface area (TPSA) is 64.5 Å². The SMILES string of the molecule is CCCCCCCCCCCC(O)(c1cncnc1)c1ccc2c(c1)OC(F)(F)O2. The maximum Gasteiger partial charge on any atom is 0.586 e. The number of halogens is 2. The highest BCUT2D eigenvalue weighted by molar-refractivity contribution is 5.48. The van der Waals surface area contributed by atoms with Crippen LogP contribution in [0, 0.1) is 0 Å². The van der Waals surface area contributed by atoms with Crippen LogP contribution in [0.3, 0.4) is 0 Å². The van der Waals surface area contributed by atoms with Crippen molar-refractivity contribution in [2.45, 2.75) is 83.0 Å². The molecule has 1 aliphatic rings. The first-order valence-electron chi connectivity index (χ1n) is 10.8. The molecule has 1 N–H and O–H groups in total. The average molecular weight is 421 g/mol. The smallest absolute Gasteiger partial charge is 0.395 e. The van der Waals surface area contributed by atoms with Gasteiger partial charge in [-0.15, -0.1) is 8.78 Å². The van der Waals surface area contributed by atoms with Gasteiger partial charge in [0.05, 0.1) is 0 Å². The number of aromatic nitrogens is 2. The predicted octanol–water partition coefficient (Wildman–Crippen LogP) is 5.95. The number of ether oxygens (including phenoxy) is 2. The number of nitrogens with zero attached hydrogens (tertiary/aromatic N) is 2. The van der Waals surface area contributed by atoms with Crippen LogP contribution < -0.4 is 9.47 Å². The number of benzene rings is 1. The van der Waals surface area contributed by atoms with Crippen LogP contribution in [0.25, 0.3) is 0 Å². The van der Waals surface area contributed by atoms with E-state index in [2.05, 4.69) is 26.4 Å². The van der Waals surface area contributed by atoms with E-state index in [1.54, 1.807) is 18.5 Å². The van der Waals surface area contributed by atoms with Gasteiger partial charge in [0.1, 0.15) is 11.9 Å². The molecule has 1 aliphatic heterocycles. The Morgan fingerprint density at radius 2 is 1.47 bits per heavy atom. The number of hydrogen-bond donors (Lipinski definition) is 1. The van der Waals surface area contributed by atoms with Crippen molar-refractivity contribution in [2.24, 2.45) is 0 Å². The Kier molecular flexibility index (Phi) is 7.58. The highest BCUT2D eigenvalue weighted by Crippen LogP contribution is 2.44. The van der Waals surface area contributed by atoms with Gasteiger partial charge in [-0.05, 0) is 30.5 Å². The lowest BCUT2D eigenvalue weighted by atomic mass is 9.83. The molecule has 3 rings (SSSR count). The molecular weight excluding hydrogens is 390 g/mol. The molecule has 1 aromatic heterocycles. The predicted molar refractivity (Wildman–Crippen MR) is 110 cm³/mol. The van der Waals surface area contributed by atoms with E-state index in [-0.39, 0.29) is 11.5 Å². The maximum atomic E-state index is 13.4. The normalized spacial score (nSPS) is 16.4. The van der Waals surface area contributed by atoms with Crippen molar-refractivity contribution in [2.75, 3.05) is 0 Å². The summed E-state index contributed by atoms with van der Waals surface area (Å²) in [5.41, 5.74) is -0.411. The number of hydrogen-bond acceptors (Lipinski definition) is 5. The number of alkyl halides is 2. The molecule has 5 nitrogen and oxygen atoms in total. The maximum absolute atomic E-state index is 13.4. The molecule has 0 saturated carbocycles. The van der Waals surface area contributed by atoms with Gasteiger partial charge in [-0.2, -0.15) is 0 Å². The van der Waals surface area contributed by atoms with Gasteiger partial charge in [0.25, 0.3) is 0 Å². The number of fused-ring (bicyclic) bond motifs is 1. The first kappa shape index (κ1) is 22.4. The summed E-state index contributed by atoms with van der Waals surface area (Å²) < 4.78 is 35.8. The van der Waals surface area contributed by atoms with E-state index in [1.807, 2.05) is 0 Å². The molecule has 0 fully saturated rings. The number of rotatable bonds is 12. The summed E-state index contributed by atoms with van der Waals surface area (Å²) in [7, 11) is 0. The highest BCUT2D eigenvalue weighted by Gasteiger charge is 2.44. The molecule has 0 spiro atoms. The number of unbranched alkanes of at least 4 members (excludes halogenated alkanes) is 8. The number of aliphatic hydroxyl groups is 1. The van der Waals surface area contributed by atoms with Gasteiger partial charge in [0.15, 0.2) is 11.5 Å². The van der Waals surface area contributed by atoms with Crippen LogP contribution >= 0.6 is 0 Å². The van der Waals surface area contributed by atoms with E-state index in [4.69, 9.17) is 0 Å². The van der Waals surface area contributed by atoms with Crippen molar-refractivity contribution in [1.29, 1.82) is 0 Å². The zero-order valence-corrected chi connectivity index (χ0v) is 17.4. The molecule has 2 heterocycles. The molecule has 0 saturated heterocycles. The summed E-state index contributed by atoms with van der Waals surface area (Å²) in [6, 6.07) is 4.40. The molecule has 30 heavy (non-hydrogen) atoms. The quantitative estimate of drug-likeness (QED) is 0.430. The van der Waals surface area contributed by atoms with E-state index in [9.17, 15) is 13.9 Å². The standard InChI is InChI=1S/C23H30F2N2O3/c1-2-3-4-5-6-7-8-9-10-13-22(28,19-15-26-17-27-16-19)18-11-12-20-21(14-18)30-23(24,25)29-20/h11-12,14-17,28H,2-10,13H2,1H3. The van der Waals surface area contributed by atoms with Crippen molar-refractivity contribution in [3.63, 3.8) is 0 Å². The van der Waals surface area contributed by atoms with Crippen LogP contribution in [-0.2, 0) is 5.60 Å². The van der Waals surface area contributed by atoms with Crippen LogP contribution in [0.5, 0.6) is 11.5 Å². The largest absolute Gasteiger partial charge is 0.586 e. The van der Waals surface area contributed by atoms with Crippen LogP contribution in [0.15, 0.2) is 36.9 Å². The fourth-order valence-electron chi connectivity index (χ4n) is 3.87. The summed E-state index contributed by atoms with van der Waals surface area (Å²) in [5.74, 6) is -0.127. The minimum atomic E-state index is -3.69. The Morgan fingerprint density at radius 1 is 0.867 bits per heavy atom. The van der Waals surface area contributed by atoms with Gasteiger partial charge in [-0.1, -0.05) is 64.4 Å². The van der Waals surface area contributed by atoms with Gasteiger partial charge >= 0.3 is 6.29 Å². The minimum Gasteiger partial charge on any atom is -0.395 e. The lowest BCUT2D eigenvalue weighted by Crippen LogP contribution is -2.28. The summed E-state index contributed by atoms with van der Waals surface area (Å²) in [4.78, 5) is 8.04. The van der Waals surface area contributed by atoms with Crippen LogP contribution in [0.1, 0.15) is 82.3 Å². The second-order valence-electron chi connectivity index (χ2n) is 7.89. The molecule has 1 aromatic carbocycles. The van der Waals surface area contributed by atoms with Gasteiger partial charge in [-0.25, -0.2) is 9.97 Å². The van der Waals surface area contributed by atoms with E-state index in [0.717, 1.165) is 19.3 Å². The second-order valence-corrected chi connectivity index (χ2v) is 7.89. The van der Waals surface area contributed by atoms with E-state index < -0.39 is 11.9 Å². The fourth-order valence-corrected chi connectivity index (χ4v) is 3.87. The Morgan fingerprint density at radius 3 is 2.13 bits per heavy atom. The summed E-state index contributed by atoms with van der Waals surface area (Å²) in [6.45, 7) is 2.21. The fraction of sp³-hybridized carbons (Fsp3) is 0.565. The minimum absolute atomic E-state index is 0.0431. The molecule has 0 aliphatic carbocycles. The third-order valence-electron chi connectivity index (χ3n) is 5.56. The third-order valence-corrected chi connectivity index (χ3v) is 5.56. The van der Waals surface area contributed by atoms with Gasteiger partial charge in [0.2, 0.25) is 0 Å². The van der Waals surface area contributed by atoms with Gasteiger partial charge < -0.3 is 14.6 Å². The lowest BCUT2D eigenvalue weighted by molar-refractivity contribution is -0.286. The van der Waals surface area contributed by atoms with Gasteiger partial charge in [-0.3, -0.25) is 0 Å². The van der Waals surface area contributed by atoms with Crippen molar-refractivity contribution in [3.05, 3.63) is 48.0 Å². The Hall–Kier alpha value is -2.28. The first-order valence-corrected chi connectivity index (χ1v) is 10.8. The zero-order chi connectivity index (χ0) is 21.5. The molecule has 0 bridgehead atoms. The van der Waals surface area contributed by atoms with E-state index in [1.165, 1.54) is 57.0 Å². The highest BCUT2D eigenvalue weighted by atomic mass is 19.3. The van der Waals surface area contributed by atoms with Crippen molar-refractivity contribution < 1.29 is 23.4 Å². The molecule has 164 valence electrons. The van der Waals surface area contributed by atoms with Crippen molar-refractivity contribution in [3.8, 4) is 11.5 Å². The Balaban J connectivity index is 1.64. The van der Waals surface area contributed by atoms with E-state index in [0.29, 0.717) is 17.5 Å². The third kappa shape index (κ3) is 5.65. The monoisotopic (exact) mass is 420 g/mol. The van der Waals surface area contributed by atoms with Crippen molar-refractivity contribution >= 4 is 0 Å². The zero-order valence-electron chi connectivity index (χ0n) is 17.4. The Bertz CT molecular complexity index is 804. The average Bonchev–Trinajstić information content (AvgIpc) is 3.06. The lowest BCUT2D eigenvalue weighted by Gasteiger charge is -2.29. The summed E-state index contributed by atoms with van der Waals surface area (Å²) in [5, 5.41) is 11.6.